The van der Waals surface area contributed by atoms with Gasteiger partial charge in [0.2, 0.25) is 0 Å². The van der Waals surface area contributed by atoms with E-state index in [0.717, 1.165) is 67.5 Å². The predicted molar refractivity (Wildman–Crippen MR) is 155 cm³/mol. The fourth-order valence-electron chi connectivity index (χ4n) is 5.17. The molecule has 0 saturated carbocycles. The lowest BCUT2D eigenvalue weighted by atomic mass is 9.91. The van der Waals surface area contributed by atoms with Crippen molar-refractivity contribution in [1.82, 2.24) is 0 Å². The molecule has 1 heterocycles. The van der Waals surface area contributed by atoms with Gasteiger partial charge in [-0.25, -0.2) is 0 Å². The van der Waals surface area contributed by atoms with Gasteiger partial charge < -0.3 is 9.47 Å². The van der Waals surface area contributed by atoms with Crippen LogP contribution >= 0.6 is 0 Å². The highest BCUT2D eigenvalue weighted by molar-refractivity contribution is 5.92. The van der Waals surface area contributed by atoms with E-state index in [1.807, 2.05) is 54.6 Å². The van der Waals surface area contributed by atoms with E-state index >= 15 is 0 Å². The van der Waals surface area contributed by atoms with Crippen molar-refractivity contribution in [3.8, 4) is 67.5 Å². The summed E-state index contributed by atoms with van der Waals surface area (Å²) in [6.45, 7) is 0. The Labute approximate surface area is 222 Å². The molecule has 180 valence electrons. The normalized spacial score (nSPS) is 11.6. The summed E-state index contributed by atoms with van der Waals surface area (Å²) in [6, 6.07) is 49.9. The zero-order chi connectivity index (χ0) is 25.3. The summed E-state index contributed by atoms with van der Waals surface area (Å²) in [6.07, 6.45) is 0. The molecule has 0 fully saturated rings. The summed E-state index contributed by atoms with van der Waals surface area (Å²) >= 11 is 0. The Morgan fingerprint density at radius 3 is 1.50 bits per heavy atom. The molecule has 0 amide bonds. The molecule has 1 aliphatic heterocycles. The first kappa shape index (κ1) is 22.1. The number of para-hydroxylation sites is 2. The minimum absolute atomic E-state index is 0.784. The Bertz CT molecular complexity index is 1750. The van der Waals surface area contributed by atoms with Gasteiger partial charge >= 0.3 is 0 Å². The first-order chi connectivity index (χ1) is 18.8. The minimum atomic E-state index is 0.784. The average Bonchev–Trinajstić information content (AvgIpc) is 2.99. The van der Waals surface area contributed by atoms with Gasteiger partial charge in [-0.3, -0.25) is 0 Å². The van der Waals surface area contributed by atoms with Gasteiger partial charge in [0.1, 0.15) is 23.0 Å². The Balaban J connectivity index is 1.54. The molecule has 0 saturated heterocycles. The monoisotopic (exact) mass is 488 g/mol. The zero-order valence-corrected chi connectivity index (χ0v) is 20.7. The van der Waals surface area contributed by atoms with Gasteiger partial charge in [-0.15, -0.1) is 0 Å². The molecular formula is C36H24O2. The van der Waals surface area contributed by atoms with Crippen LogP contribution in [-0.4, -0.2) is 0 Å². The van der Waals surface area contributed by atoms with E-state index in [4.69, 9.17) is 9.47 Å². The molecule has 2 heteroatoms. The van der Waals surface area contributed by atoms with Gasteiger partial charge in [0.15, 0.2) is 0 Å². The van der Waals surface area contributed by atoms with Crippen molar-refractivity contribution < 1.29 is 9.47 Å². The number of fused-ring (bicyclic) bond motifs is 6. The number of hydrogen-bond acceptors (Lipinski definition) is 2. The first-order valence-electron chi connectivity index (χ1n) is 12.8. The standard InChI is InChI=1S/C36H24O2/c1-3-12-25(13-4-1)27-22-23-31-35(24-27)38-33-20-10-8-17-30(33)29-16-7-9-19-32(29)37-34-21-11-18-28(36(31)34)26-14-5-2-6-15-26/h1-24H. The number of rotatable bonds is 2. The molecular weight excluding hydrogens is 464 g/mol. The van der Waals surface area contributed by atoms with E-state index in [2.05, 4.69) is 91.0 Å². The smallest absolute Gasteiger partial charge is 0.136 e. The third-order valence-electron chi connectivity index (χ3n) is 6.97. The fourth-order valence-corrected chi connectivity index (χ4v) is 5.17. The van der Waals surface area contributed by atoms with E-state index in [-0.39, 0.29) is 0 Å². The molecule has 0 N–H and O–H groups in total. The Morgan fingerprint density at radius 2 is 0.816 bits per heavy atom. The van der Waals surface area contributed by atoms with Crippen LogP contribution in [0.15, 0.2) is 146 Å². The van der Waals surface area contributed by atoms with Crippen LogP contribution in [-0.2, 0) is 0 Å². The molecule has 38 heavy (non-hydrogen) atoms. The molecule has 0 spiro atoms. The number of hydrogen-bond donors (Lipinski definition) is 0. The minimum Gasteiger partial charge on any atom is -0.456 e. The summed E-state index contributed by atoms with van der Waals surface area (Å²) in [4.78, 5) is 0. The van der Waals surface area contributed by atoms with Gasteiger partial charge in [-0.2, -0.15) is 0 Å². The maximum absolute atomic E-state index is 6.83. The van der Waals surface area contributed by atoms with Crippen molar-refractivity contribution in [3.05, 3.63) is 146 Å². The van der Waals surface area contributed by atoms with Crippen LogP contribution < -0.4 is 9.47 Å². The van der Waals surface area contributed by atoms with Gasteiger partial charge in [-0.1, -0.05) is 115 Å². The summed E-state index contributed by atoms with van der Waals surface area (Å²) in [5.41, 5.74) is 8.41. The largest absolute Gasteiger partial charge is 0.456 e. The van der Waals surface area contributed by atoms with Crippen LogP contribution in [0.4, 0.5) is 0 Å². The van der Waals surface area contributed by atoms with Gasteiger partial charge in [0.25, 0.3) is 0 Å². The third kappa shape index (κ3) is 3.93. The quantitative estimate of drug-likeness (QED) is 0.241. The predicted octanol–water partition coefficient (Wildman–Crippen LogP) is 10.3. The van der Waals surface area contributed by atoms with Crippen LogP contribution in [0, 0.1) is 0 Å². The van der Waals surface area contributed by atoms with Crippen LogP contribution in [0.3, 0.4) is 0 Å². The Morgan fingerprint density at radius 1 is 0.289 bits per heavy atom. The Kier molecular flexibility index (Phi) is 5.49. The average molecular weight is 489 g/mol. The second kappa shape index (κ2) is 9.42. The molecule has 2 nitrogen and oxygen atoms in total. The topological polar surface area (TPSA) is 18.5 Å². The molecule has 0 aromatic heterocycles. The van der Waals surface area contributed by atoms with E-state index < -0.39 is 0 Å². The second-order valence-corrected chi connectivity index (χ2v) is 9.32. The molecule has 0 unspecified atom stereocenters. The molecule has 7 rings (SSSR count). The van der Waals surface area contributed by atoms with E-state index in [9.17, 15) is 0 Å². The van der Waals surface area contributed by atoms with Crippen LogP contribution in [0.2, 0.25) is 0 Å². The van der Waals surface area contributed by atoms with E-state index in [1.165, 1.54) is 0 Å². The van der Waals surface area contributed by atoms with E-state index in [0.29, 0.717) is 0 Å². The lowest BCUT2D eigenvalue weighted by Crippen LogP contribution is -1.99. The van der Waals surface area contributed by atoms with Crippen LogP contribution in [0.25, 0.3) is 44.5 Å². The first-order valence-corrected chi connectivity index (χ1v) is 12.8. The number of benzene rings is 6. The Hall–Kier alpha value is -5.08. The van der Waals surface area contributed by atoms with Crippen molar-refractivity contribution in [3.63, 3.8) is 0 Å². The highest BCUT2D eigenvalue weighted by Crippen LogP contribution is 2.50. The summed E-state index contributed by atoms with van der Waals surface area (Å²) in [7, 11) is 0. The van der Waals surface area contributed by atoms with Gasteiger partial charge in [-0.05, 0) is 52.6 Å². The summed E-state index contributed by atoms with van der Waals surface area (Å²) < 4.78 is 13.6. The summed E-state index contributed by atoms with van der Waals surface area (Å²) in [5.74, 6) is 3.15. The van der Waals surface area contributed by atoms with Crippen molar-refractivity contribution >= 4 is 0 Å². The third-order valence-corrected chi connectivity index (χ3v) is 6.97. The SMILES string of the molecule is c1ccc(-c2ccc3c(c2)Oc2ccccc2-c2ccccc2Oc2cccc(-c4ccccc4)c2-3)cc1. The van der Waals surface area contributed by atoms with Crippen LogP contribution in [0.5, 0.6) is 23.0 Å². The lowest BCUT2D eigenvalue weighted by molar-refractivity contribution is 0.472. The molecule has 0 aliphatic carbocycles. The van der Waals surface area contributed by atoms with Crippen molar-refractivity contribution in [2.24, 2.45) is 0 Å². The highest BCUT2D eigenvalue weighted by Gasteiger charge is 2.23. The lowest BCUT2D eigenvalue weighted by Gasteiger charge is -2.23. The van der Waals surface area contributed by atoms with Crippen molar-refractivity contribution in [2.75, 3.05) is 0 Å². The van der Waals surface area contributed by atoms with E-state index in [1.54, 1.807) is 0 Å². The maximum atomic E-state index is 6.83. The second-order valence-electron chi connectivity index (χ2n) is 9.32. The van der Waals surface area contributed by atoms with Gasteiger partial charge in [0.05, 0.1) is 0 Å². The molecule has 1 aliphatic rings. The highest BCUT2D eigenvalue weighted by atomic mass is 16.5. The number of ether oxygens (including phenoxy) is 2. The molecule has 0 radical (unpaired) electrons. The van der Waals surface area contributed by atoms with Gasteiger partial charge in [0, 0.05) is 22.3 Å². The van der Waals surface area contributed by atoms with Crippen LogP contribution in [0.1, 0.15) is 0 Å². The zero-order valence-electron chi connectivity index (χ0n) is 20.7. The molecule has 6 aromatic carbocycles. The molecule has 0 bridgehead atoms. The summed E-state index contributed by atoms with van der Waals surface area (Å²) in [5, 5.41) is 0. The van der Waals surface area contributed by atoms with Crippen molar-refractivity contribution in [1.29, 1.82) is 0 Å². The molecule has 0 atom stereocenters. The maximum Gasteiger partial charge on any atom is 0.136 e. The van der Waals surface area contributed by atoms with Crippen molar-refractivity contribution in [2.45, 2.75) is 0 Å². The molecule has 6 aromatic rings. The fraction of sp³-hybridized carbons (Fsp3) is 0.